The molecule has 0 spiro atoms. The third-order valence-corrected chi connectivity index (χ3v) is 1.54. The summed E-state index contributed by atoms with van der Waals surface area (Å²) in [6.07, 6.45) is 2.64. The summed E-state index contributed by atoms with van der Waals surface area (Å²) in [4.78, 5) is 11.0. The minimum Gasteiger partial charge on any atom is -0.300 e. The zero-order valence-corrected chi connectivity index (χ0v) is 7.26. The largest absolute Gasteiger partial charge is 0.300 e. The number of Topliss-reactive ketones (excluding diaryl/α,β-unsaturated/α-hetero) is 1. The Labute approximate surface area is 68.2 Å². The van der Waals surface area contributed by atoms with E-state index in [1.54, 1.807) is 0 Å². The SMILES string of the molecule is CCCC(=O)CC(C)CC#N. The first-order chi connectivity index (χ1) is 5.20. The van der Waals surface area contributed by atoms with Gasteiger partial charge in [-0.2, -0.15) is 5.26 Å². The van der Waals surface area contributed by atoms with Crippen LogP contribution in [-0.4, -0.2) is 5.78 Å². The molecule has 0 heterocycles. The molecule has 62 valence electrons. The molecule has 2 heteroatoms. The summed E-state index contributed by atoms with van der Waals surface area (Å²) in [6.45, 7) is 3.93. The molecule has 0 saturated heterocycles. The molecule has 11 heavy (non-hydrogen) atoms. The van der Waals surface area contributed by atoms with Crippen molar-refractivity contribution in [3.8, 4) is 6.07 Å². The maximum atomic E-state index is 11.0. The Bertz CT molecular complexity index is 157. The Morgan fingerprint density at radius 1 is 1.64 bits per heavy atom. The average molecular weight is 153 g/mol. The van der Waals surface area contributed by atoms with Crippen molar-refractivity contribution < 1.29 is 4.79 Å². The molecule has 0 amide bonds. The van der Waals surface area contributed by atoms with Crippen LogP contribution in [0.1, 0.15) is 39.5 Å². The predicted octanol–water partition coefficient (Wildman–Crippen LogP) is 2.30. The summed E-state index contributed by atoms with van der Waals surface area (Å²) in [5, 5.41) is 8.32. The van der Waals surface area contributed by atoms with Crippen molar-refractivity contribution in [1.82, 2.24) is 0 Å². The van der Waals surface area contributed by atoms with E-state index >= 15 is 0 Å². The lowest BCUT2D eigenvalue weighted by Crippen LogP contribution is -2.04. The van der Waals surface area contributed by atoms with E-state index in [1.165, 1.54) is 0 Å². The van der Waals surface area contributed by atoms with Gasteiger partial charge in [0.15, 0.2) is 0 Å². The van der Waals surface area contributed by atoms with E-state index in [9.17, 15) is 4.79 Å². The van der Waals surface area contributed by atoms with Gasteiger partial charge in [0.1, 0.15) is 5.78 Å². The number of ketones is 1. The standard InChI is InChI=1S/C9H15NO/c1-3-4-9(11)7-8(2)5-6-10/h8H,3-5,7H2,1-2H3. The second kappa shape index (κ2) is 5.91. The van der Waals surface area contributed by atoms with Crippen molar-refractivity contribution in [2.24, 2.45) is 5.92 Å². The number of hydrogen-bond donors (Lipinski definition) is 0. The Morgan fingerprint density at radius 3 is 2.73 bits per heavy atom. The summed E-state index contributed by atoms with van der Waals surface area (Å²) >= 11 is 0. The molecule has 0 saturated carbocycles. The van der Waals surface area contributed by atoms with Crippen molar-refractivity contribution in [2.45, 2.75) is 39.5 Å². The highest BCUT2D eigenvalue weighted by atomic mass is 16.1. The molecule has 0 aliphatic carbocycles. The number of hydrogen-bond acceptors (Lipinski definition) is 2. The van der Waals surface area contributed by atoms with E-state index in [4.69, 9.17) is 5.26 Å². The highest BCUT2D eigenvalue weighted by molar-refractivity contribution is 5.78. The van der Waals surface area contributed by atoms with E-state index < -0.39 is 0 Å². The van der Waals surface area contributed by atoms with Crippen molar-refractivity contribution in [3.63, 3.8) is 0 Å². The van der Waals surface area contributed by atoms with Crippen molar-refractivity contribution in [3.05, 3.63) is 0 Å². The van der Waals surface area contributed by atoms with Gasteiger partial charge in [-0.15, -0.1) is 0 Å². The lowest BCUT2D eigenvalue weighted by Gasteiger charge is -2.03. The first kappa shape index (κ1) is 10.2. The van der Waals surface area contributed by atoms with Gasteiger partial charge >= 0.3 is 0 Å². The average Bonchev–Trinajstić information content (AvgIpc) is 1.87. The lowest BCUT2D eigenvalue weighted by molar-refractivity contribution is -0.119. The molecule has 0 aromatic heterocycles. The van der Waals surface area contributed by atoms with Crippen molar-refractivity contribution in [2.75, 3.05) is 0 Å². The van der Waals surface area contributed by atoms with E-state index in [0.717, 1.165) is 6.42 Å². The van der Waals surface area contributed by atoms with Crippen molar-refractivity contribution in [1.29, 1.82) is 5.26 Å². The van der Waals surface area contributed by atoms with Gasteiger partial charge in [0.2, 0.25) is 0 Å². The fraction of sp³-hybridized carbons (Fsp3) is 0.778. The lowest BCUT2D eigenvalue weighted by atomic mass is 10.00. The Kier molecular flexibility index (Phi) is 5.46. The minimum atomic E-state index is 0.235. The van der Waals surface area contributed by atoms with Gasteiger partial charge in [-0.3, -0.25) is 4.79 Å². The highest BCUT2D eigenvalue weighted by Crippen LogP contribution is 2.08. The molecule has 0 fully saturated rings. The summed E-state index contributed by atoms with van der Waals surface area (Å²) in [6, 6.07) is 2.06. The second-order valence-corrected chi connectivity index (χ2v) is 2.96. The van der Waals surface area contributed by atoms with E-state index in [2.05, 4.69) is 6.07 Å². The van der Waals surface area contributed by atoms with Gasteiger partial charge in [-0.1, -0.05) is 13.8 Å². The van der Waals surface area contributed by atoms with Gasteiger partial charge in [-0.05, 0) is 12.3 Å². The number of nitrogens with zero attached hydrogens (tertiary/aromatic N) is 1. The molecular weight excluding hydrogens is 138 g/mol. The maximum absolute atomic E-state index is 11.0. The van der Waals surface area contributed by atoms with Crippen LogP contribution < -0.4 is 0 Å². The number of rotatable bonds is 5. The Balaban J connectivity index is 3.50. The van der Waals surface area contributed by atoms with Crippen molar-refractivity contribution >= 4 is 5.78 Å². The quantitative estimate of drug-likeness (QED) is 0.608. The second-order valence-electron chi connectivity index (χ2n) is 2.96. The molecule has 0 bridgehead atoms. The van der Waals surface area contributed by atoms with Crippen LogP contribution in [0.4, 0.5) is 0 Å². The van der Waals surface area contributed by atoms with E-state index in [0.29, 0.717) is 19.3 Å². The van der Waals surface area contributed by atoms with Gasteiger partial charge < -0.3 is 0 Å². The molecule has 2 nitrogen and oxygen atoms in total. The van der Waals surface area contributed by atoms with Gasteiger partial charge in [0.05, 0.1) is 6.07 Å². The molecule has 0 aliphatic heterocycles. The monoisotopic (exact) mass is 153 g/mol. The van der Waals surface area contributed by atoms with E-state index in [1.807, 2.05) is 13.8 Å². The third-order valence-electron chi connectivity index (χ3n) is 1.54. The summed E-state index contributed by atoms with van der Waals surface area (Å²) in [5.74, 6) is 0.522. The molecule has 0 aromatic rings. The first-order valence-electron chi connectivity index (χ1n) is 4.09. The zero-order valence-electron chi connectivity index (χ0n) is 7.26. The van der Waals surface area contributed by atoms with Crippen LogP contribution in [0.5, 0.6) is 0 Å². The zero-order chi connectivity index (χ0) is 8.69. The molecule has 1 unspecified atom stereocenters. The van der Waals surface area contributed by atoms with Gasteiger partial charge in [-0.25, -0.2) is 0 Å². The van der Waals surface area contributed by atoms with Crippen LogP contribution in [0.15, 0.2) is 0 Å². The minimum absolute atomic E-state index is 0.235. The smallest absolute Gasteiger partial charge is 0.133 e. The molecule has 0 aromatic carbocycles. The first-order valence-corrected chi connectivity index (χ1v) is 4.09. The number of carbonyl (C=O) groups is 1. The summed E-state index contributed by atoms with van der Waals surface area (Å²) in [5.41, 5.74) is 0. The van der Waals surface area contributed by atoms with Gasteiger partial charge in [0, 0.05) is 19.3 Å². The number of nitriles is 1. The maximum Gasteiger partial charge on any atom is 0.133 e. The summed E-state index contributed by atoms with van der Waals surface area (Å²) < 4.78 is 0. The topological polar surface area (TPSA) is 40.9 Å². The van der Waals surface area contributed by atoms with Crippen LogP contribution in [0.2, 0.25) is 0 Å². The molecule has 1 atom stereocenters. The Hall–Kier alpha value is -0.840. The molecule has 0 N–H and O–H groups in total. The van der Waals surface area contributed by atoms with Crippen LogP contribution >= 0.6 is 0 Å². The molecule has 0 radical (unpaired) electrons. The summed E-state index contributed by atoms with van der Waals surface area (Å²) in [7, 11) is 0. The predicted molar refractivity (Wildman–Crippen MR) is 43.9 cm³/mol. The van der Waals surface area contributed by atoms with E-state index in [-0.39, 0.29) is 11.7 Å². The highest BCUT2D eigenvalue weighted by Gasteiger charge is 2.06. The fourth-order valence-corrected chi connectivity index (χ4v) is 0.998. The van der Waals surface area contributed by atoms with Gasteiger partial charge in [0.25, 0.3) is 0 Å². The Morgan fingerprint density at radius 2 is 2.27 bits per heavy atom. The van der Waals surface area contributed by atoms with Crippen LogP contribution in [-0.2, 0) is 4.79 Å². The number of carbonyl (C=O) groups excluding carboxylic acids is 1. The third kappa shape index (κ3) is 5.60. The van der Waals surface area contributed by atoms with Crippen LogP contribution in [0.25, 0.3) is 0 Å². The molecule has 0 rings (SSSR count). The molecular formula is C9H15NO. The van der Waals surface area contributed by atoms with Crippen LogP contribution in [0.3, 0.4) is 0 Å². The fourth-order valence-electron chi connectivity index (χ4n) is 0.998. The molecule has 0 aliphatic rings. The van der Waals surface area contributed by atoms with Crippen LogP contribution in [0, 0.1) is 17.2 Å². The normalized spacial score (nSPS) is 12.1.